The van der Waals surface area contributed by atoms with E-state index < -0.39 is 11.4 Å². The van der Waals surface area contributed by atoms with Crippen LogP contribution in [0.25, 0.3) is 0 Å². The summed E-state index contributed by atoms with van der Waals surface area (Å²) < 4.78 is 5.57. The molecule has 2 amide bonds. The molecule has 2 aliphatic rings. The lowest BCUT2D eigenvalue weighted by molar-refractivity contribution is -0.150. The highest BCUT2D eigenvalue weighted by molar-refractivity contribution is 5.77. The number of rotatable bonds is 2. The molecule has 2 aliphatic heterocycles. The number of carboxylic acid groups (broad SMARTS) is 1. The Morgan fingerprint density at radius 2 is 1.90 bits per heavy atom. The number of morpholine rings is 1. The molecule has 6 heteroatoms. The van der Waals surface area contributed by atoms with Gasteiger partial charge < -0.3 is 19.6 Å². The molecule has 20 heavy (non-hydrogen) atoms. The van der Waals surface area contributed by atoms with E-state index in [0.29, 0.717) is 45.6 Å². The van der Waals surface area contributed by atoms with Crippen LogP contribution < -0.4 is 0 Å². The molecule has 114 valence electrons. The zero-order chi connectivity index (χ0) is 14.8. The van der Waals surface area contributed by atoms with Crippen molar-refractivity contribution >= 4 is 12.0 Å². The minimum absolute atomic E-state index is 0.0270. The number of carbonyl (C=O) groups excluding carboxylic acids is 1. The number of likely N-dealkylation sites (tertiary alicyclic amines) is 1. The molecular weight excluding hydrogens is 260 g/mol. The van der Waals surface area contributed by atoms with Gasteiger partial charge in [0, 0.05) is 26.2 Å². The van der Waals surface area contributed by atoms with E-state index in [-0.39, 0.29) is 12.1 Å². The first-order valence-electron chi connectivity index (χ1n) is 7.35. The number of ether oxygens (including phenoxy) is 1. The standard InChI is InChI=1S/C14H24N2O4/c1-3-11-10-16(8-9-20-11)13(19)15-6-4-14(2,5-7-15)12(17)18/h11H,3-10H2,1-2H3,(H,17,18). The smallest absolute Gasteiger partial charge is 0.320 e. The van der Waals surface area contributed by atoms with E-state index in [1.165, 1.54) is 0 Å². The second kappa shape index (κ2) is 5.99. The molecule has 2 heterocycles. The van der Waals surface area contributed by atoms with Crippen LogP contribution in [0.4, 0.5) is 4.79 Å². The third kappa shape index (κ3) is 3.06. The number of carboxylic acids is 1. The normalized spacial score (nSPS) is 26.4. The number of piperidine rings is 1. The van der Waals surface area contributed by atoms with Crippen LogP contribution in [0.1, 0.15) is 33.1 Å². The van der Waals surface area contributed by atoms with Crippen LogP contribution in [0, 0.1) is 5.41 Å². The fourth-order valence-corrected chi connectivity index (χ4v) is 2.75. The van der Waals surface area contributed by atoms with E-state index in [1.807, 2.05) is 4.90 Å². The lowest BCUT2D eigenvalue weighted by atomic mass is 9.80. The summed E-state index contributed by atoms with van der Waals surface area (Å²) >= 11 is 0. The van der Waals surface area contributed by atoms with Crippen LogP contribution in [0.3, 0.4) is 0 Å². The zero-order valence-corrected chi connectivity index (χ0v) is 12.3. The Labute approximate surface area is 119 Å². The summed E-state index contributed by atoms with van der Waals surface area (Å²) in [5.41, 5.74) is -0.687. The molecule has 0 aromatic rings. The van der Waals surface area contributed by atoms with Gasteiger partial charge in [0.2, 0.25) is 0 Å². The van der Waals surface area contributed by atoms with Crippen LogP contribution in [-0.4, -0.2) is 65.8 Å². The van der Waals surface area contributed by atoms with E-state index in [2.05, 4.69) is 6.92 Å². The summed E-state index contributed by atoms with van der Waals surface area (Å²) in [5.74, 6) is -0.762. The van der Waals surface area contributed by atoms with Crippen molar-refractivity contribution in [3.05, 3.63) is 0 Å². The summed E-state index contributed by atoms with van der Waals surface area (Å²) in [5, 5.41) is 9.21. The minimum Gasteiger partial charge on any atom is -0.481 e. The van der Waals surface area contributed by atoms with Crippen LogP contribution in [0.5, 0.6) is 0 Å². The number of hydrogen-bond donors (Lipinski definition) is 1. The molecule has 0 aromatic carbocycles. The van der Waals surface area contributed by atoms with Crippen molar-refractivity contribution < 1.29 is 19.4 Å². The van der Waals surface area contributed by atoms with Gasteiger partial charge in [-0.3, -0.25) is 4.79 Å². The van der Waals surface area contributed by atoms with Crippen LogP contribution in [0.2, 0.25) is 0 Å². The summed E-state index contributed by atoms with van der Waals surface area (Å²) in [4.78, 5) is 27.3. The maximum Gasteiger partial charge on any atom is 0.320 e. The number of nitrogens with zero attached hydrogens (tertiary/aromatic N) is 2. The number of hydrogen-bond acceptors (Lipinski definition) is 3. The average molecular weight is 284 g/mol. The highest BCUT2D eigenvalue weighted by atomic mass is 16.5. The van der Waals surface area contributed by atoms with Gasteiger partial charge in [-0.2, -0.15) is 0 Å². The van der Waals surface area contributed by atoms with Crippen molar-refractivity contribution in [3.63, 3.8) is 0 Å². The Morgan fingerprint density at radius 3 is 2.45 bits per heavy atom. The highest BCUT2D eigenvalue weighted by Gasteiger charge is 2.39. The quantitative estimate of drug-likeness (QED) is 0.832. The summed E-state index contributed by atoms with van der Waals surface area (Å²) in [7, 11) is 0. The molecule has 1 atom stereocenters. The fraction of sp³-hybridized carbons (Fsp3) is 0.857. The fourth-order valence-electron chi connectivity index (χ4n) is 2.75. The molecule has 6 nitrogen and oxygen atoms in total. The molecule has 1 N–H and O–H groups in total. The van der Waals surface area contributed by atoms with Crippen molar-refractivity contribution in [1.82, 2.24) is 9.80 Å². The van der Waals surface area contributed by atoms with E-state index in [0.717, 1.165) is 6.42 Å². The second-order valence-corrected chi connectivity index (χ2v) is 5.98. The molecule has 0 radical (unpaired) electrons. The van der Waals surface area contributed by atoms with Gasteiger partial charge in [0.15, 0.2) is 0 Å². The van der Waals surface area contributed by atoms with Crippen molar-refractivity contribution in [2.75, 3.05) is 32.8 Å². The second-order valence-electron chi connectivity index (χ2n) is 5.98. The molecule has 2 fully saturated rings. The van der Waals surface area contributed by atoms with Gasteiger partial charge in [0.05, 0.1) is 18.1 Å². The molecule has 2 rings (SSSR count). The zero-order valence-electron chi connectivity index (χ0n) is 12.3. The van der Waals surface area contributed by atoms with Crippen LogP contribution >= 0.6 is 0 Å². The molecule has 0 aliphatic carbocycles. The summed E-state index contributed by atoms with van der Waals surface area (Å²) in [6, 6.07) is 0.0270. The van der Waals surface area contributed by atoms with Gasteiger partial charge in [0.1, 0.15) is 0 Å². The molecule has 1 unspecified atom stereocenters. The van der Waals surface area contributed by atoms with Crippen molar-refractivity contribution in [2.24, 2.45) is 5.41 Å². The lowest BCUT2D eigenvalue weighted by Gasteiger charge is -2.40. The average Bonchev–Trinajstić information content (AvgIpc) is 2.47. The predicted molar refractivity (Wildman–Crippen MR) is 73.5 cm³/mol. The van der Waals surface area contributed by atoms with Gasteiger partial charge in [-0.05, 0) is 26.2 Å². The minimum atomic E-state index is -0.762. The Kier molecular flexibility index (Phi) is 4.52. The van der Waals surface area contributed by atoms with Crippen molar-refractivity contribution in [3.8, 4) is 0 Å². The SMILES string of the molecule is CCC1CN(C(=O)N2CCC(C)(C(=O)O)CC2)CCO1. The first-order valence-corrected chi connectivity index (χ1v) is 7.35. The van der Waals surface area contributed by atoms with E-state index in [9.17, 15) is 14.7 Å². The maximum atomic E-state index is 12.4. The van der Waals surface area contributed by atoms with Gasteiger partial charge in [-0.25, -0.2) is 4.79 Å². The third-order valence-corrected chi connectivity index (χ3v) is 4.52. The molecule has 0 saturated carbocycles. The summed E-state index contributed by atoms with van der Waals surface area (Å²) in [6.45, 7) is 6.72. The lowest BCUT2D eigenvalue weighted by Crippen LogP contribution is -2.54. The monoisotopic (exact) mass is 284 g/mol. The van der Waals surface area contributed by atoms with Gasteiger partial charge in [-0.1, -0.05) is 6.92 Å². The maximum absolute atomic E-state index is 12.4. The first kappa shape index (κ1) is 15.1. The third-order valence-electron chi connectivity index (χ3n) is 4.52. The highest BCUT2D eigenvalue weighted by Crippen LogP contribution is 2.31. The van der Waals surface area contributed by atoms with E-state index in [4.69, 9.17) is 4.74 Å². The van der Waals surface area contributed by atoms with E-state index >= 15 is 0 Å². The predicted octanol–water partition coefficient (Wildman–Crippen LogP) is 1.40. The largest absolute Gasteiger partial charge is 0.481 e. The van der Waals surface area contributed by atoms with Crippen LogP contribution in [-0.2, 0) is 9.53 Å². The van der Waals surface area contributed by atoms with Crippen molar-refractivity contribution in [1.29, 1.82) is 0 Å². The van der Waals surface area contributed by atoms with Gasteiger partial charge in [0.25, 0.3) is 0 Å². The number of urea groups is 1. The van der Waals surface area contributed by atoms with Gasteiger partial charge in [-0.15, -0.1) is 0 Å². The number of carbonyl (C=O) groups is 2. The summed E-state index contributed by atoms with van der Waals surface area (Å²) in [6.07, 6.45) is 2.08. The molecule has 0 aromatic heterocycles. The van der Waals surface area contributed by atoms with E-state index in [1.54, 1.807) is 11.8 Å². The Hall–Kier alpha value is -1.30. The number of amides is 2. The molecular formula is C14H24N2O4. The Bertz CT molecular complexity index is 377. The molecule has 2 saturated heterocycles. The van der Waals surface area contributed by atoms with Crippen molar-refractivity contribution in [2.45, 2.75) is 39.2 Å². The van der Waals surface area contributed by atoms with Crippen LogP contribution in [0.15, 0.2) is 0 Å². The Balaban J connectivity index is 1.90. The number of aliphatic carboxylic acids is 1. The Morgan fingerprint density at radius 1 is 1.25 bits per heavy atom. The topological polar surface area (TPSA) is 70.1 Å². The van der Waals surface area contributed by atoms with Gasteiger partial charge >= 0.3 is 12.0 Å². The molecule has 0 bridgehead atoms. The molecule has 0 spiro atoms. The first-order chi connectivity index (χ1) is 9.46.